The summed E-state index contributed by atoms with van der Waals surface area (Å²) < 4.78 is 6.55. The zero-order valence-electron chi connectivity index (χ0n) is 20.1. The van der Waals surface area contributed by atoms with Gasteiger partial charge in [-0.15, -0.1) is 6.42 Å². The van der Waals surface area contributed by atoms with Crippen LogP contribution < -0.4 is 15.4 Å². The molecular weight excluding hydrogens is 462 g/mol. The molecule has 2 N–H and O–H groups in total. The number of carbonyl (C=O) groups is 2. The minimum Gasteiger partial charge on any atom is -0.490 e. The molecule has 35 heavy (non-hydrogen) atoms. The second-order valence-corrected chi connectivity index (χ2v) is 10.4. The molecule has 3 aliphatic heterocycles. The summed E-state index contributed by atoms with van der Waals surface area (Å²) in [5, 5.41) is 6.65. The van der Waals surface area contributed by atoms with Crippen molar-refractivity contribution < 1.29 is 14.3 Å². The van der Waals surface area contributed by atoms with Crippen LogP contribution in [-0.2, 0) is 15.0 Å². The topological polar surface area (TPSA) is 70.7 Å². The largest absolute Gasteiger partial charge is 0.490 e. The number of piperidine rings is 2. The highest BCUT2D eigenvalue weighted by atomic mass is 35.5. The second kappa shape index (κ2) is 9.22. The average molecular weight is 492 g/mol. The summed E-state index contributed by atoms with van der Waals surface area (Å²) in [5.74, 6) is 3.10. The van der Waals surface area contributed by atoms with Crippen LogP contribution in [0.5, 0.6) is 5.75 Å². The van der Waals surface area contributed by atoms with Crippen molar-refractivity contribution in [2.75, 3.05) is 18.4 Å². The van der Waals surface area contributed by atoms with Gasteiger partial charge < -0.3 is 20.3 Å². The van der Waals surface area contributed by atoms with Crippen molar-refractivity contribution in [3.05, 3.63) is 58.1 Å². The van der Waals surface area contributed by atoms with Crippen molar-refractivity contribution in [1.29, 1.82) is 0 Å². The number of halogens is 1. The molecule has 0 bridgehead atoms. The number of carbonyl (C=O) groups excluding carboxylic acids is 2. The summed E-state index contributed by atoms with van der Waals surface area (Å²) in [5.41, 5.74) is 1.95. The zero-order chi connectivity index (χ0) is 24.7. The van der Waals surface area contributed by atoms with Gasteiger partial charge in [-0.2, -0.15) is 0 Å². The standard InChI is InChI=1S/C28H30ClN3O3/c1-4-18-5-8-24(35-20-10-13-32(14-11-20)17(2)3)21(15-18)26-28(12-9-25(33)31-26)22-7-6-19(29)16-23(22)30-27(28)34/h1,5-8,15-17,20,26H,9-14H2,2-3H3,(H,30,34)(H,31,33)/t26-,28-/m1/s1. The van der Waals surface area contributed by atoms with Crippen molar-refractivity contribution >= 4 is 29.1 Å². The SMILES string of the molecule is C#Cc1ccc(OC2CCN(C(C)C)CC2)c([C@H]2NC(=O)CC[C@]23C(=O)Nc2cc(Cl)ccc23)c1. The number of nitrogens with one attached hydrogen (secondary N) is 2. The van der Waals surface area contributed by atoms with Gasteiger partial charge in [-0.05, 0) is 69.0 Å². The molecule has 0 saturated carbocycles. The quantitative estimate of drug-likeness (QED) is 0.621. The van der Waals surface area contributed by atoms with Crippen LogP contribution in [-0.4, -0.2) is 41.9 Å². The minimum atomic E-state index is -0.972. The number of hydrogen-bond donors (Lipinski definition) is 2. The Morgan fingerprint density at radius 1 is 1.17 bits per heavy atom. The Kier molecular flexibility index (Phi) is 6.25. The summed E-state index contributed by atoms with van der Waals surface area (Å²) >= 11 is 6.21. The number of hydrogen-bond acceptors (Lipinski definition) is 4. The maximum atomic E-state index is 13.6. The predicted molar refractivity (Wildman–Crippen MR) is 137 cm³/mol. The molecule has 0 radical (unpaired) electrons. The molecule has 0 unspecified atom stereocenters. The Morgan fingerprint density at radius 2 is 1.94 bits per heavy atom. The van der Waals surface area contributed by atoms with Crippen LogP contribution in [0.15, 0.2) is 36.4 Å². The number of fused-ring (bicyclic) bond motifs is 2. The molecule has 3 aliphatic rings. The minimum absolute atomic E-state index is 0.0548. The van der Waals surface area contributed by atoms with E-state index in [0.717, 1.165) is 37.1 Å². The molecule has 2 atom stereocenters. The van der Waals surface area contributed by atoms with Crippen molar-refractivity contribution in [1.82, 2.24) is 10.2 Å². The number of nitrogens with zero attached hydrogens (tertiary/aromatic N) is 1. The van der Waals surface area contributed by atoms with Gasteiger partial charge in [-0.25, -0.2) is 0 Å². The molecule has 2 saturated heterocycles. The normalized spacial score (nSPS) is 24.7. The van der Waals surface area contributed by atoms with Crippen LogP contribution >= 0.6 is 11.6 Å². The number of anilines is 1. The van der Waals surface area contributed by atoms with E-state index in [4.69, 9.17) is 22.8 Å². The molecule has 2 fully saturated rings. The van der Waals surface area contributed by atoms with E-state index in [1.807, 2.05) is 24.3 Å². The zero-order valence-corrected chi connectivity index (χ0v) is 20.8. The third kappa shape index (κ3) is 4.17. The summed E-state index contributed by atoms with van der Waals surface area (Å²) in [7, 11) is 0. The van der Waals surface area contributed by atoms with Crippen molar-refractivity contribution in [2.24, 2.45) is 0 Å². The van der Waals surface area contributed by atoms with Gasteiger partial charge in [0.1, 0.15) is 17.3 Å². The Morgan fingerprint density at radius 3 is 2.66 bits per heavy atom. The van der Waals surface area contributed by atoms with Crippen LogP contribution in [0, 0.1) is 12.3 Å². The fraction of sp³-hybridized carbons (Fsp3) is 0.429. The molecule has 0 aromatic heterocycles. The summed E-state index contributed by atoms with van der Waals surface area (Å²) in [6.45, 7) is 6.36. The van der Waals surface area contributed by atoms with E-state index in [0.29, 0.717) is 34.5 Å². The molecule has 5 rings (SSSR count). The molecular formula is C28H30ClN3O3. The number of rotatable bonds is 4. The van der Waals surface area contributed by atoms with Gasteiger partial charge >= 0.3 is 0 Å². The van der Waals surface area contributed by atoms with E-state index in [1.165, 1.54) is 0 Å². The van der Waals surface area contributed by atoms with Gasteiger partial charge in [0.05, 0.1) is 6.04 Å². The molecule has 2 amide bonds. The summed E-state index contributed by atoms with van der Waals surface area (Å²) in [6, 6.07) is 10.9. The molecule has 2 aromatic rings. The molecule has 2 aromatic carbocycles. The Labute approximate surface area is 211 Å². The summed E-state index contributed by atoms with van der Waals surface area (Å²) in [6.07, 6.45) is 8.27. The van der Waals surface area contributed by atoms with Gasteiger partial charge in [0.15, 0.2) is 0 Å². The van der Waals surface area contributed by atoms with E-state index in [-0.39, 0.29) is 24.3 Å². The van der Waals surface area contributed by atoms with Crippen LogP contribution in [0.3, 0.4) is 0 Å². The predicted octanol–water partition coefficient (Wildman–Crippen LogP) is 4.41. The first-order chi connectivity index (χ1) is 16.8. The molecule has 7 heteroatoms. The van der Waals surface area contributed by atoms with E-state index in [1.54, 1.807) is 12.1 Å². The highest BCUT2D eigenvalue weighted by molar-refractivity contribution is 6.31. The fourth-order valence-electron chi connectivity index (χ4n) is 5.72. The van der Waals surface area contributed by atoms with Crippen LogP contribution in [0.2, 0.25) is 5.02 Å². The Bertz CT molecular complexity index is 1210. The van der Waals surface area contributed by atoms with Crippen molar-refractivity contribution in [2.45, 2.75) is 63.1 Å². The fourth-order valence-corrected chi connectivity index (χ4v) is 5.89. The maximum absolute atomic E-state index is 13.6. The maximum Gasteiger partial charge on any atom is 0.237 e. The first kappa shape index (κ1) is 23.7. The Hall–Kier alpha value is -3.01. The van der Waals surface area contributed by atoms with Gasteiger partial charge in [0.2, 0.25) is 11.8 Å². The highest BCUT2D eigenvalue weighted by Crippen LogP contribution is 2.52. The molecule has 1 spiro atoms. The van der Waals surface area contributed by atoms with Crippen LogP contribution in [0.25, 0.3) is 0 Å². The molecule has 6 nitrogen and oxygen atoms in total. The lowest BCUT2D eigenvalue weighted by molar-refractivity contribution is -0.130. The van der Waals surface area contributed by atoms with Gasteiger partial charge in [0.25, 0.3) is 0 Å². The van der Waals surface area contributed by atoms with Gasteiger partial charge in [-0.1, -0.05) is 23.6 Å². The first-order valence-electron chi connectivity index (χ1n) is 12.2. The average Bonchev–Trinajstić information content (AvgIpc) is 3.11. The third-order valence-corrected chi connectivity index (χ3v) is 7.88. The van der Waals surface area contributed by atoms with Crippen LogP contribution in [0.4, 0.5) is 5.69 Å². The Balaban J connectivity index is 1.55. The number of terminal acetylenes is 1. The molecule has 182 valence electrons. The van der Waals surface area contributed by atoms with E-state index < -0.39 is 11.5 Å². The monoisotopic (exact) mass is 491 g/mol. The lowest BCUT2D eigenvalue weighted by Gasteiger charge is -2.41. The summed E-state index contributed by atoms with van der Waals surface area (Å²) in [4.78, 5) is 28.7. The van der Waals surface area contributed by atoms with E-state index in [9.17, 15) is 9.59 Å². The van der Waals surface area contributed by atoms with E-state index >= 15 is 0 Å². The molecule has 3 heterocycles. The third-order valence-electron chi connectivity index (χ3n) is 7.65. The number of benzene rings is 2. The van der Waals surface area contributed by atoms with Crippen molar-refractivity contribution in [3.8, 4) is 18.1 Å². The lowest BCUT2D eigenvalue weighted by atomic mass is 9.67. The van der Waals surface area contributed by atoms with Crippen LogP contribution in [0.1, 0.15) is 62.3 Å². The van der Waals surface area contributed by atoms with Gasteiger partial charge in [-0.3, -0.25) is 9.59 Å². The number of likely N-dealkylation sites (tertiary alicyclic amines) is 1. The lowest BCUT2D eigenvalue weighted by Crippen LogP contribution is -2.52. The van der Waals surface area contributed by atoms with E-state index in [2.05, 4.69) is 35.3 Å². The number of amides is 2. The van der Waals surface area contributed by atoms with Crippen molar-refractivity contribution in [3.63, 3.8) is 0 Å². The number of ether oxygens (including phenoxy) is 1. The van der Waals surface area contributed by atoms with Gasteiger partial charge in [0, 0.05) is 47.4 Å². The smallest absolute Gasteiger partial charge is 0.237 e. The molecule has 0 aliphatic carbocycles. The first-order valence-corrected chi connectivity index (χ1v) is 12.6. The second-order valence-electron chi connectivity index (χ2n) is 9.96. The highest BCUT2D eigenvalue weighted by Gasteiger charge is 2.56.